The topological polar surface area (TPSA) is 161 Å². The number of carbonyl (C=O) groups excluding carboxylic acids is 2. The molecular formula is C11H15N3O6. The van der Waals surface area contributed by atoms with Gasteiger partial charge in [-0.3, -0.25) is 9.59 Å². The normalized spacial score (nSPS) is 29.6. The molecule has 0 aromatic carbocycles. The predicted octanol–water partition coefficient (Wildman–Crippen LogP) is -2.70. The first-order valence-electron chi connectivity index (χ1n) is 5.80. The molecule has 2 rings (SSSR count). The SMILES string of the molecule is NC(=O)c1cn(C2O[C@H](CO)[C@@H](O)[C@H]2O)cc1C(N)=O. The van der Waals surface area contributed by atoms with E-state index in [0.29, 0.717) is 0 Å². The van der Waals surface area contributed by atoms with Crippen LogP contribution >= 0.6 is 0 Å². The van der Waals surface area contributed by atoms with Gasteiger partial charge in [-0.1, -0.05) is 0 Å². The minimum absolute atomic E-state index is 0.116. The maximum atomic E-state index is 11.2. The highest BCUT2D eigenvalue weighted by Gasteiger charge is 2.43. The van der Waals surface area contributed by atoms with Crippen LogP contribution in [-0.4, -0.2) is 56.6 Å². The summed E-state index contributed by atoms with van der Waals surface area (Å²) in [6.07, 6.45) is -2.26. The van der Waals surface area contributed by atoms with Crippen LogP contribution in [0.4, 0.5) is 0 Å². The number of aliphatic hydroxyl groups excluding tert-OH is 3. The molecule has 1 fully saturated rings. The molecule has 9 heteroatoms. The Balaban J connectivity index is 2.37. The van der Waals surface area contributed by atoms with E-state index in [1.165, 1.54) is 17.0 Å². The predicted molar refractivity (Wildman–Crippen MR) is 64.5 cm³/mol. The number of nitrogens with zero attached hydrogens (tertiary/aromatic N) is 1. The van der Waals surface area contributed by atoms with Crippen LogP contribution in [0, 0.1) is 0 Å². The van der Waals surface area contributed by atoms with Crippen LogP contribution in [0.2, 0.25) is 0 Å². The van der Waals surface area contributed by atoms with Crippen LogP contribution < -0.4 is 11.5 Å². The summed E-state index contributed by atoms with van der Waals surface area (Å²) in [6, 6.07) is 0. The van der Waals surface area contributed by atoms with Crippen molar-refractivity contribution in [2.24, 2.45) is 11.5 Å². The molecule has 1 aliphatic heterocycles. The Bertz CT molecular complexity index is 511. The second-order valence-electron chi connectivity index (χ2n) is 4.49. The number of hydrogen-bond donors (Lipinski definition) is 5. The monoisotopic (exact) mass is 285 g/mol. The number of rotatable bonds is 4. The van der Waals surface area contributed by atoms with Gasteiger partial charge >= 0.3 is 0 Å². The molecule has 1 unspecified atom stereocenters. The smallest absolute Gasteiger partial charge is 0.251 e. The lowest BCUT2D eigenvalue weighted by atomic mass is 10.1. The Morgan fingerprint density at radius 3 is 2.00 bits per heavy atom. The van der Waals surface area contributed by atoms with Crippen LogP contribution in [0.15, 0.2) is 12.4 Å². The van der Waals surface area contributed by atoms with E-state index in [-0.39, 0.29) is 11.1 Å². The summed E-state index contributed by atoms with van der Waals surface area (Å²) < 4.78 is 6.47. The zero-order chi connectivity index (χ0) is 15.0. The summed E-state index contributed by atoms with van der Waals surface area (Å²) in [5.74, 6) is -1.71. The summed E-state index contributed by atoms with van der Waals surface area (Å²) in [7, 11) is 0. The van der Waals surface area contributed by atoms with Crippen molar-refractivity contribution in [3.05, 3.63) is 23.5 Å². The fourth-order valence-corrected chi connectivity index (χ4v) is 2.14. The van der Waals surface area contributed by atoms with Gasteiger partial charge in [0.1, 0.15) is 18.3 Å². The molecule has 110 valence electrons. The minimum atomic E-state index is -1.33. The van der Waals surface area contributed by atoms with E-state index in [1.807, 2.05) is 0 Å². The lowest BCUT2D eigenvalue weighted by molar-refractivity contribution is -0.0526. The van der Waals surface area contributed by atoms with Gasteiger partial charge in [0.2, 0.25) is 0 Å². The van der Waals surface area contributed by atoms with Crippen molar-refractivity contribution in [2.75, 3.05) is 6.61 Å². The average molecular weight is 285 g/mol. The molecule has 0 spiro atoms. The Labute approximate surface area is 113 Å². The molecule has 20 heavy (non-hydrogen) atoms. The molecule has 9 nitrogen and oxygen atoms in total. The van der Waals surface area contributed by atoms with E-state index in [2.05, 4.69) is 0 Å². The maximum Gasteiger partial charge on any atom is 0.251 e. The number of hydrogen-bond acceptors (Lipinski definition) is 6. The van der Waals surface area contributed by atoms with Crippen LogP contribution in [0.5, 0.6) is 0 Å². The molecule has 1 aliphatic rings. The van der Waals surface area contributed by atoms with E-state index in [1.54, 1.807) is 0 Å². The zero-order valence-electron chi connectivity index (χ0n) is 10.3. The molecule has 2 amide bonds. The van der Waals surface area contributed by atoms with Crippen molar-refractivity contribution in [3.8, 4) is 0 Å². The first kappa shape index (κ1) is 14.5. The summed E-state index contributed by atoms with van der Waals surface area (Å²) in [5, 5.41) is 28.5. The fraction of sp³-hybridized carbons (Fsp3) is 0.455. The summed E-state index contributed by atoms with van der Waals surface area (Å²) >= 11 is 0. The molecule has 0 bridgehead atoms. The highest BCUT2D eigenvalue weighted by Crippen LogP contribution is 2.30. The summed E-state index contributed by atoms with van der Waals surface area (Å²) in [6.45, 7) is -0.485. The molecule has 1 aromatic rings. The number of amides is 2. The van der Waals surface area contributed by atoms with Crippen molar-refractivity contribution >= 4 is 11.8 Å². The van der Waals surface area contributed by atoms with E-state index >= 15 is 0 Å². The molecule has 1 saturated heterocycles. The quantitative estimate of drug-likeness (QED) is 0.404. The van der Waals surface area contributed by atoms with E-state index in [0.717, 1.165) is 0 Å². The summed E-state index contributed by atoms with van der Waals surface area (Å²) in [4.78, 5) is 22.5. The largest absolute Gasteiger partial charge is 0.394 e. The van der Waals surface area contributed by atoms with Crippen LogP contribution in [0.3, 0.4) is 0 Å². The number of carbonyl (C=O) groups is 2. The first-order valence-corrected chi connectivity index (χ1v) is 5.80. The van der Waals surface area contributed by atoms with Gasteiger partial charge in [-0.05, 0) is 0 Å². The number of nitrogens with two attached hydrogens (primary N) is 2. The Hall–Kier alpha value is -1.94. The highest BCUT2D eigenvalue weighted by atomic mass is 16.6. The molecular weight excluding hydrogens is 270 g/mol. The van der Waals surface area contributed by atoms with Gasteiger partial charge in [-0.15, -0.1) is 0 Å². The molecule has 4 atom stereocenters. The Morgan fingerprint density at radius 1 is 1.15 bits per heavy atom. The lowest BCUT2D eigenvalue weighted by Gasteiger charge is -2.16. The Kier molecular flexibility index (Phi) is 3.77. The number of ether oxygens (including phenoxy) is 1. The fourth-order valence-electron chi connectivity index (χ4n) is 2.14. The van der Waals surface area contributed by atoms with Gasteiger partial charge in [-0.25, -0.2) is 0 Å². The molecule has 2 heterocycles. The van der Waals surface area contributed by atoms with Crippen LogP contribution in [0.25, 0.3) is 0 Å². The standard InChI is InChI=1S/C11H15N3O6/c12-9(18)4-1-14(2-5(4)10(13)19)11-8(17)7(16)6(3-15)20-11/h1-2,6-8,11,15-17H,3H2,(H2,12,18)(H2,13,19)/t6-,7-,8-,11?/m1/s1. The second-order valence-corrected chi connectivity index (χ2v) is 4.49. The third-order valence-electron chi connectivity index (χ3n) is 3.19. The van der Waals surface area contributed by atoms with Crippen LogP contribution in [-0.2, 0) is 4.74 Å². The van der Waals surface area contributed by atoms with Crippen molar-refractivity contribution in [1.29, 1.82) is 0 Å². The highest BCUT2D eigenvalue weighted by molar-refractivity contribution is 6.06. The maximum absolute atomic E-state index is 11.2. The molecule has 0 radical (unpaired) electrons. The first-order chi connectivity index (χ1) is 9.36. The van der Waals surface area contributed by atoms with Gasteiger partial charge in [0.15, 0.2) is 6.23 Å². The number of primary amides is 2. The lowest BCUT2D eigenvalue weighted by Crippen LogP contribution is -2.33. The molecule has 7 N–H and O–H groups in total. The number of aliphatic hydroxyl groups is 3. The average Bonchev–Trinajstić information content (AvgIpc) is 2.93. The number of aromatic nitrogens is 1. The van der Waals surface area contributed by atoms with Crippen molar-refractivity contribution < 1.29 is 29.6 Å². The summed E-state index contributed by atoms with van der Waals surface area (Å²) in [5.41, 5.74) is 10.0. The Morgan fingerprint density at radius 2 is 1.65 bits per heavy atom. The minimum Gasteiger partial charge on any atom is -0.394 e. The third kappa shape index (κ3) is 2.27. The third-order valence-corrected chi connectivity index (χ3v) is 3.19. The van der Waals surface area contributed by atoms with Gasteiger partial charge in [0.05, 0.1) is 17.7 Å². The van der Waals surface area contributed by atoms with Crippen molar-refractivity contribution in [3.63, 3.8) is 0 Å². The molecule has 1 aromatic heterocycles. The van der Waals surface area contributed by atoms with Crippen LogP contribution in [0.1, 0.15) is 26.9 Å². The van der Waals surface area contributed by atoms with E-state index in [4.69, 9.17) is 21.3 Å². The molecule has 0 aliphatic carbocycles. The van der Waals surface area contributed by atoms with Gasteiger partial charge < -0.3 is 36.1 Å². The zero-order valence-corrected chi connectivity index (χ0v) is 10.3. The van der Waals surface area contributed by atoms with Crippen molar-refractivity contribution in [2.45, 2.75) is 24.5 Å². The van der Waals surface area contributed by atoms with Crippen molar-refractivity contribution in [1.82, 2.24) is 4.57 Å². The van der Waals surface area contributed by atoms with Gasteiger partial charge in [0.25, 0.3) is 11.8 Å². The van der Waals surface area contributed by atoms with E-state index < -0.39 is 43.0 Å². The van der Waals surface area contributed by atoms with Gasteiger partial charge in [-0.2, -0.15) is 0 Å². The molecule has 0 saturated carbocycles. The van der Waals surface area contributed by atoms with E-state index in [9.17, 15) is 19.8 Å². The van der Waals surface area contributed by atoms with Gasteiger partial charge in [0, 0.05) is 12.4 Å². The second kappa shape index (κ2) is 5.21.